The Hall–Kier alpha value is -2.49. The summed E-state index contributed by atoms with van der Waals surface area (Å²) in [6.45, 7) is 3.23. The molecular weight excluding hydrogens is 519 g/mol. The van der Waals surface area contributed by atoms with Crippen molar-refractivity contribution < 1.29 is 14.3 Å². The van der Waals surface area contributed by atoms with E-state index in [9.17, 15) is 4.79 Å². The van der Waals surface area contributed by atoms with Crippen LogP contribution < -0.4 is 25.4 Å². The van der Waals surface area contributed by atoms with Gasteiger partial charge in [-0.3, -0.25) is 4.79 Å². The van der Waals surface area contributed by atoms with Gasteiger partial charge in [0.05, 0.1) is 20.8 Å². The molecule has 0 unspecified atom stereocenters. The van der Waals surface area contributed by atoms with Crippen LogP contribution in [0.15, 0.2) is 47.5 Å². The van der Waals surface area contributed by atoms with E-state index in [0.717, 1.165) is 49.2 Å². The second-order valence-electron chi connectivity index (χ2n) is 7.56. The number of methoxy groups -OCH3 is 2. The number of carbonyl (C=O) groups is 1. The Morgan fingerprint density at radius 3 is 2.41 bits per heavy atom. The van der Waals surface area contributed by atoms with Gasteiger partial charge < -0.3 is 25.4 Å². The number of carbonyl (C=O) groups excluding carboxylic acids is 1. The Labute approximate surface area is 207 Å². The number of nitrogens with one attached hydrogen (secondary N) is 3. The third kappa shape index (κ3) is 7.29. The molecule has 7 nitrogen and oxygen atoms in total. The molecule has 32 heavy (non-hydrogen) atoms. The molecule has 0 spiro atoms. The van der Waals surface area contributed by atoms with Crippen LogP contribution in [-0.2, 0) is 11.3 Å². The molecule has 1 fully saturated rings. The number of halogens is 1. The molecule has 0 saturated heterocycles. The lowest BCUT2D eigenvalue weighted by Crippen LogP contribution is -2.30. The van der Waals surface area contributed by atoms with Crippen molar-refractivity contribution in [2.75, 3.05) is 31.4 Å². The minimum Gasteiger partial charge on any atom is -0.493 e. The molecule has 0 aromatic heterocycles. The maximum Gasteiger partial charge on any atom is 0.227 e. The molecule has 0 atom stereocenters. The van der Waals surface area contributed by atoms with Crippen LogP contribution in [0.4, 0.5) is 11.4 Å². The fourth-order valence-corrected chi connectivity index (χ4v) is 3.71. The highest BCUT2D eigenvalue weighted by molar-refractivity contribution is 14.0. The van der Waals surface area contributed by atoms with Crippen molar-refractivity contribution in [1.82, 2.24) is 5.32 Å². The number of guanidine groups is 1. The number of anilines is 2. The first-order valence-electron chi connectivity index (χ1n) is 10.8. The number of hydrogen-bond donors (Lipinski definition) is 3. The molecule has 3 rings (SSSR count). The van der Waals surface area contributed by atoms with Gasteiger partial charge in [0.25, 0.3) is 0 Å². The number of hydrogen-bond acceptors (Lipinski definition) is 4. The van der Waals surface area contributed by atoms with Crippen LogP contribution in [0.2, 0.25) is 0 Å². The standard InChI is InChI=1S/C24H32N4O3.HI/c1-4-25-24(28-20-12-13-21(30-2)22(15-20)31-3)26-16-17-8-7-11-19(14-17)27-23(29)18-9-5-6-10-18;/h7-8,11-15,18H,4-6,9-10,16H2,1-3H3,(H,27,29)(H2,25,26,28);1H. The maximum atomic E-state index is 12.4. The van der Waals surface area contributed by atoms with E-state index in [4.69, 9.17) is 9.47 Å². The van der Waals surface area contributed by atoms with Gasteiger partial charge in [-0.15, -0.1) is 24.0 Å². The van der Waals surface area contributed by atoms with E-state index in [1.807, 2.05) is 49.4 Å². The van der Waals surface area contributed by atoms with Gasteiger partial charge in [-0.1, -0.05) is 25.0 Å². The minimum absolute atomic E-state index is 0. The van der Waals surface area contributed by atoms with Gasteiger partial charge in [-0.2, -0.15) is 0 Å². The number of amides is 1. The topological polar surface area (TPSA) is 84.0 Å². The first kappa shape index (κ1) is 25.8. The van der Waals surface area contributed by atoms with Crippen LogP contribution in [0.25, 0.3) is 0 Å². The molecule has 1 aliphatic carbocycles. The zero-order chi connectivity index (χ0) is 22.1. The summed E-state index contributed by atoms with van der Waals surface area (Å²) in [6, 6.07) is 13.5. The van der Waals surface area contributed by atoms with Crippen LogP contribution in [0.1, 0.15) is 38.2 Å². The van der Waals surface area contributed by atoms with E-state index >= 15 is 0 Å². The van der Waals surface area contributed by atoms with Gasteiger partial charge in [0.2, 0.25) is 5.91 Å². The minimum atomic E-state index is 0. The summed E-state index contributed by atoms with van der Waals surface area (Å²) in [5.41, 5.74) is 2.69. The SMILES string of the molecule is CCNC(=NCc1cccc(NC(=O)C2CCCC2)c1)Nc1ccc(OC)c(OC)c1.I. The zero-order valence-corrected chi connectivity index (χ0v) is 21.3. The Morgan fingerprint density at radius 2 is 1.72 bits per heavy atom. The highest BCUT2D eigenvalue weighted by atomic mass is 127. The van der Waals surface area contributed by atoms with Crippen molar-refractivity contribution in [1.29, 1.82) is 0 Å². The normalized spacial score (nSPS) is 13.8. The zero-order valence-electron chi connectivity index (χ0n) is 18.9. The molecule has 174 valence electrons. The summed E-state index contributed by atoms with van der Waals surface area (Å²) in [5.74, 6) is 2.25. The highest BCUT2D eigenvalue weighted by Crippen LogP contribution is 2.29. The van der Waals surface area contributed by atoms with E-state index < -0.39 is 0 Å². The van der Waals surface area contributed by atoms with Crippen molar-refractivity contribution in [3.63, 3.8) is 0 Å². The summed E-state index contributed by atoms with van der Waals surface area (Å²) in [6.07, 6.45) is 4.27. The molecule has 0 radical (unpaired) electrons. The summed E-state index contributed by atoms with van der Waals surface area (Å²) in [4.78, 5) is 17.1. The van der Waals surface area contributed by atoms with Crippen LogP contribution in [-0.4, -0.2) is 32.6 Å². The summed E-state index contributed by atoms with van der Waals surface area (Å²) in [7, 11) is 3.22. The van der Waals surface area contributed by atoms with Gasteiger partial charge in [-0.05, 0) is 49.6 Å². The molecule has 2 aromatic carbocycles. The van der Waals surface area contributed by atoms with E-state index in [2.05, 4.69) is 20.9 Å². The van der Waals surface area contributed by atoms with E-state index in [1.165, 1.54) is 0 Å². The van der Waals surface area contributed by atoms with Gasteiger partial charge in [-0.25, -0.2) is 4.99 Å². The Bertz CT molecular complexity index is 914. The lowest BCUT2D eigenvalue weighted by atomic mass is 10.1. The molecule has 3 N–H and O–H groups in total. The van der Waals surface area contributed by atoms with E-state index in [1.54, 1.807) is 14.2 Å². The van der Waals surface area contributed by atoms with Crippen molar-refractivity contribution >= 4 is 47.2 Å². The molecule has 0 heterocycles. The maximum absolute atomic E-state index is 12.4. The number of nitrogens with zero attached hydrogens (tertiary/aromatic N) is 1. The van der Waals surface area contributed by atoms with E-state index in [-0.39, 0.29) is 35.8 Å². The second kappa shape index (κ2) is 13.1. The average Bonchev–Trinajstić information content (AvgIpc) is 3.33. The number of aliphatic imine (C=N–C) groups is 1. The first-order chi connectivity index (χ1) is 15.1. The first-order valence-corrected chi connectivity index (χ1v) is 10.8. The lowest BCUT2D eigenvalue weighted by Gasteiger charge is -2.14. The fourth-order valence-electron chi connectivity index (χ4n) is 3.71. The number of benzene rings is 2. The molecule has 8 heteroatoms. The van der Waals surface area contributed by atoms with Crippen LogP contribution in [0.5, 0.6) is 11.5 Å². The summed E-state index contributed by atoms with van der Waals surface area (Å²) in [5, 5.41) is 9.60. The van der Waals surface area contributed by atoms with Crippen molar-refractivity contribution in [2.24, 2.45) is 10.9 Å². The molecular formula is C24H33IN4O3. The Balaban J connectivity index is 0.00000363. The Kier molecular flexibility index (Phi) is 10.6. The van der Waals surface area contributed by atoms with Gasteiger partial charge >= 0.3 is 0 Å². The predicted molar refractivity (Wildman–Crippen MR) is 140 cm³/mol. The average molecular weight is 552 g/mol. The fraction of sp³-hybridized carbons (Fsp3) is 0.417. The number of ether oxygens (including phenoxy) is 2. The van der Waals surface area contributed by atoms with Gasteiger partial charge in [0.15, 0.2) is 17.5 Å². The van der Waals surface area contributed by atoms with Crippen LogP contribution in [0, 0.1) is 5.92 Å². The number of rotatable bonds is 8. The predicted octanol–water partition coefficient (Wildman–Crippen LogP) is 5.03. The molecule has 1 saturated carbocycles. The largest absolute Gasteiger partial charge is 0.493 e. The highest BCUT2D eigenvalue weighted by Gasteiger charge is 2.22. The van der Waals surface area contributed by atoms with Crippen molar-refractivity contribution in [2.45, 2.75) is 39.2 Å². The molecule has 2 aromatic rings. The van der Waals surface area contributed by atoms with Crippen molar-refractivity contribution in [3.8, 4) is 11.5 Å². The lowest BCUT2D eigenvalue weighted by molar-refractivity contribution is -0.119. The molecule has 1 amide bonds. The summed E-state index contributed by atoms with van der Waals surface area (Å²) >= 11 is 0. The third-order valence-electron chi connectivity index (χ3n) is 5.33. The summed E-state index contributed by atoms with van der Waals surface area (Å²) < 4.78 is 10.7. The molecule has 0 bridgehead atoms. The van der Waals surface area contributed by atoms with Crippen LogP contribution >= 0.6 is 24.0 Å². The quantitative estimate of drug-likeness (QED) is 0.243. The monoisotopic (exact) mass is 552 g/mol. The van der Waals surface area contributed by atoms with Crippen LogP contribution in [0.3, 0.4) is 0 Å². The third-order valence-corrected chi connectivity index (χ3v) is 5.33. The van der Waals surface area contributed by atoms with E-state index in [0.29, 0.717) is 24.0 Å². The van der Waals surface area contributed by atoms with Gasteiger partial charge in [0, 0.05) is 29.9 Å². The molecule has 0 aliphatic heterocycles. The van der Waals surface area contributed by atoms with Crippen molar-refractivity contribution in [3.05, 3.63) is 48.0 Å². The van der Waals surface area contributed by atoms with Gasteiger partial charge in [0.1, 0.15) is 0 Å². The molecule has 1 aliphatic rings. The second-order valence-corrected chi connectivity index (χ2v) is 7.56. The smallest absolute Gasteiger partial charge is 0.227 e. The Morgan fingerprint density at radius 1 is 1.00 bits per heavy atom.